The molecule has 10 aromatic rings. The van der Waals surface area contributed by atoms with Gasteiger partial charge in [0, 0.05) is 38.9 Å². The number of anilines is 6. The lowest BCUT2D eigenvalue weighted by Gasteiger charge is -2.35. The summed E-state index contributed by atoms with van der Waals surface area (Å²) in [4.78, 5) is 5.27. The summed E-state index contributed by atoms with van der Waals surface area (Å²) in [7, 11) is 0. The van der Waals surface area contributed by atoms with Crippen molar-refractivity contribution in [2.45, 2.75) is 116 Å². The summed E-state index contributed by atoms with van der Waals surface area (Å²) in [6.07, 6.45) is 12.9. The van der Waals surface area contributed by atoms with E-state index in [2.05, 4.69) is 232 Å². The minimum absolute atomic E-state index is 0.00364. The van der Waals surface area contributed by atoms with Gasteiger partial charge in [-0.05, 0) is 165 Å². The van der Waals surface area contributed by atoms with Gasteiger partial charge in [-0.3, -0.25) is 0 Å². The monoisotopic (exact) mass is 937 g/mol. The Morgan fingerprint density at radius 2 is 0.806 bits per heavy atom. The predicted molar refractivity (Wildman–Crippen MR) is 310 cm³/mol. The molecule has 2 aliphatic carbocycles. The van der Waals surface area contributed by atoms with E-state index in [0.29, 0.717) is 11.8 Å². The summed E-state index contributed by atoms with van der Waals surface area (Å²) in [5.74, 6) is 1.14. The van der Waals surface area contributed by atoms with Crippen molar-refractivity contribution in [1.29, 1.82) is 0 Å². The smallest absolute Gasteiger partial charge is 0.0561 e. The molecule has 0 radical (unpaired) electrons. The Morgan fingerprint density at radius 3 is 1.24 bits per heavy atom. The Labute approximate surface area is 428 Å². The maximum absolute atomic E-state index is 2.63. The van der Waals surface area contributed by atoms with Gasteiger partial charge in [0.1, 0.15) is 0 Å². The zero-order valence-corrected chi connectivity index (χ0v) is 43.0. The van der Waals surface area contributed by atoms with E-state index in [9.17, 15) is 0 Å². The van der Waals surface area contributed by atoms with Crippen LogP contribution in [-0.4, -0.2) is 0 Å². The number of nitrogens with zero attached hydrogens (tertiary/aromatic N) is 2. The largest absolute Gasteiger partial charge is 0.309 e. The summed E-state index contributed by atoms with van der Waals surface area (Å²) in [6, 6.07) is 72.3. The lowest BCUT2D eigenvalue weighted by molar-refractivity contribution is 0.443. The zero-order chi connectivity index (χ0) is 48.9. The maximum atomic E-state index is 2.63. The third kappa shape index (κ3) is 8.43. The van der Waals surface area contributed by atoms with Crippen LogP contribution in [0.1, 0.15) is 125 Å². The van der Waals surface area contributed by atoms with E-state index >= 15 is 0 Å². The molecular formula is C70H68N2. The molecule has 0 N–H and O–H groups in total. The Bertz CT molecular complexity index is 3330. The molecule has 2 fully saturated rings. The van der Waals surface area contributed by atoms with Crippen molar-refractivity contribution in [3.63, 3.8) is 0 Å². The average molecular weight is 937 g/mol. The fraction of sp³-hybridized carbons (Fsp3) is 0.257. The lowest BCUT2D eigenvalue weighted by atomic mass is 9.82. The van der Waals surface area contributed by atoms with Crippen LogP contribution >= 0.6 is 0 Å². The highest BCUT2D eigenvalue weighted by Gasteiger charge is 2.29. The van der Waals surface area contributed by atoms with E-state index in [1.807, 2.05) is 0 Å². The Balaban J connectivity index is 1.20. The van der Waals surface area contributed by atoms with Crippen molar-refractivity contribution in [2.75, 3.05) is 9.80 Å². The van der Waals surface area contributed by atoms with Crippen LogP contribution in [-0.2, 0) is 5.41 Å². The van der Waals surface area contributed by atoms with Crippen molar-refractivity contribution in [3.8, 4) is 22.3 Å². The molecular weight excluding hydrogens is 869 g/mol. The number of rotatable bonds is 10. The second-order valence-electron chi connectivity index (χ2n) is 22.2. The molecule has 0 aromatic heterocycles. The van der Waals surface area contributed by atoms with Crippen LogP contribution in [0.4, 0.5) is 34.1 Å². The van der Waals surface area contributed by atoms with Crippen molar-refractivity contribution in [1.82, 2.24) is 0 Å². The summed E-state index contributed by atoms with van der Waals surface area (Å²) >= 11 is 0. The molecule has 0 saturated heterocycles. The predicted octanol–water partition coefficient (Wildman–Crippen LogP) is 20.9. The molecule has 0 aliphatic heterocycles. The SMILES string of the molecule is Cc1c(-c2ccccc2)cccc1N(c1cccc(C2CCCCC2)c1)c1cc(N(c2cccc(C3CCCCC3)c2)c2cccc(-c3ccccc3)c2C)c2ccc3cc(C(C)(C)C)cc4ccc1c2c43. The van der Waals surface area contributed by atoms with Gasteiger partial charge in [-0.25, -0.2) is 0 Å². The summed E-state index contributed by atoms with van der Waals surface area (Å²) in [6.45, 7) is 11.7. The summed E-state index contributed by atoms with van der Waals surface area (Å²) < 4.78 is 0. The zero-order valence-electron chi connectivity index (χ0n) is 43.0. The minimum Gasteiger partial charge on any atom is -0.309 e. The first-order valence-corrected chi connectivity index (χ1v) is 27.1. The molecule has 0 atom stereocenters. The number of hydrogen-bond acceptors (Lipinski definition) is 2. The van der Waals surface area contributed by atoms with E-state index in [4.69, 9.17) is 0 Å². The van der Waals surface area contributed by atoms with Gasteiger partial charge < -0.3 is 9.80 Å². The molecule has 12 rings (SSSR count). The highest BCUT2D eigenvalue weighted by molar-refractivity contribution is 6.29. The quantitative estimate of drug-likeness (QED) is 0.126. The van der Waals surface area contributed by atoms with Gasteiger partial charge in [-0.15, -0.1) is 0 Å². The third-order valence-corrected chi connectivity index (χ3v) is 16.7. The molecule has 2 heteroatoms. The van der Waals surface area contributed by atoms with E-state index in [1.165, 1.54) is 181 Å². The molecule has 0 amide bonds. The second-order valence-corrected chi connectivity index (χ2v) is 22.2. The van der Waals surface area contributed by atoms with Crippen LogP contribution in [0.25, 0.3) is 54.6 Å². The minimum atomic E-state index is 0.00364. The third-order valence-electron chi connectivity index (χ3n) is 16.7. The molecule has 0 unspecified atom stereocenters. The first-order chi connectivity index (χ1) is 35.2. The van der Waals surface area contributed by atoms with E-state index in [-0.39, 0.29) is 5.41 Å². The molecule has 72 heavy (non-hydrogen) atoms. The summed E-state index contributed by atoms with van der Waals surface area (Å²) in [5, 5.41) is 7.74. The van der Waals surface area contributed by atoms with Gasteiger partial charge in [0.2, 0.25) is 0 Å². The first kappa shape index (κ1) is 45.9. The fourth-order valence-corrected chi connectivity index (χ4v) is 12.8. The van der Waals surface area contributed by atoms with Crippen molar-refractivity contribution < 1.29 is 0 Å². The van der Waals surface area contributed by atoms with Gasteiger partial charge in [-0.2, -0.15) is 0 Å². The van der Waals surface area contributed by atoms with Gasteiger partial charge in [0.25, 0.3) is 0 Å². The summed E-state index contributed by atoms with van der Waals surface area (Å²) in [5.41, 5.74) is 18.9. The maximum Gasteiger partial charge on any atom is 0.0561 e. The highest BCUT2D eigenvalue weighted by Crippen LogP contribution is 2.53. The van der Waals surface area contributed by atoms with Crippen LogP contribution in [0.2, 0.25) is 0 Å². The van der Waals surface area contributed by atoms with Gasteiger partial charge in [0.05, 0.1) is 11.4 Å². The lowest BCUT2D eigenvalue weighted by Crippen LogP contribution is -2.17. The Hall–Kier alpha value is -7.16. The molecule has 0 bridgehead atoms. The average Bonchev–Trinajstić information content (AvgIpc) is 3.43. The molecule has 0 spiro atoms. The second kappa shape index (κ2) is 19.1. The normalized spacial score (nSPS) is 14.9. The van der Waals surface area contributed by atoms with Crippen LogP contribution in [0.5, 0.6) is 0 Å². The topological polar surface area (TPSA) is 6.48 Å². The number of benzene rings is 10. The molecule has 0 heterocycles. The molecule has 2 nitrogen and oxygen atoms in total. The number of hydrogen-bond donors (Lipinski definition) is 0. The van der Waals surface area contributed by atoms with Crippen LogP contribution in [0.15, 0.2) is 188 Å². The van der Waals surface area contributed by atoms with Gasteiger partial charge in [-0.1, -0.05) is 205 Å². The Kier molecular flexibility index (Phi) is 12.2. The molecule has 2 saturated carbocycles. The van der Waals surface area contributed by atoms with Gasteiger partial charge in [0.15, 0.2) is 0 Å². The van der Waals surface area contributed by atoms with E-state index < -0.39 is 0 Å². The van der Waals surface area contributed by atoms with Gasteiger partial charge >= 0.3 is 0 Å². The molecule has 2 aliphatic rings. The Morgan fingerprint density at radius 1 is 0.375 bits per heavy atom. The highest BCUT2D eigenvalue weighted by atomic mass is 15.2. The van der Waals surface area contributed by atoms with Crippen LogP contribution < -0.4 is 9.80 Å². The van der Waals surface area contributed by atoms with Crippen LogP contribution in [0, 0.1) is 13.8 Å². The van der Waals surface area contributed by atoms with Crippen molar-refractivity contribution in [3.05, 3.63) is 216 Å². The van der Waals surface area contributed by atoms with E-state index in [1.54, 1.807) is 0 Å². The van der Waals surface area contributed by atoms with Crippen LogP contribution in [0.3, 0.4) is 0 Å². The van der Waals surface area contributed by atoms with Crippen molar-refractivity contribution in [2.24, 2.45) is 0 Å². The standard InChI is InChI=1S/C70H68N2/c1-47-60(51-26-14-8-15-27-51)34-20-36-64(47)71(58-32-18-30-53(44-58)49-22-10-6-11-23-49)66-46-67(63-41-39-56-43-57(70(3,4)5)42-55-38-40-62(66)69(63)68(55)56)72(59-33-19-31-54(45-59)50-24-12-7-13-25-50)65-37-21-35-61(48(65)2)52-28-16-9-17-29-52/h8-9,14-21,26-46,49-50H,6-7,10-13,22-25H2,1-5H3. The molecule has 10 aromatic carbocycles. The fourth-order valence-electron chi connectivity index (χ4n) is 12.8. The van der Waals surface area contributed by atoms with Crippen molar-refractivity contribution >= 4 is 66.4 Å². The first-order valence-electron chi connectivity index (χ1n) is 27.1. The van der Waals surface area contributed by atoms with E-state index in [0.717, 1.165) is 0 Å². The molecule has 358 valence electrons.